The number of sulfonamides is 1. The number of rotatable bonds is 7. The van der Waals surface area contributed by atoms with Crippen molar-refractivity contribution in [3.8, 4) is 0 Å². The summed E-state index contributed by atoms with van der Waals surface area (Å²) in [6.45, 7) is 4.87. The third-order valence-electron chi connectivity index (χ3n) is 4.10. The fourth-order valence-electron chi connectivity index (χ4n) is 2.80. The maximum absolute atomic E-state index is 13.6. The quantitative estimate of drug-likeness (QED) is 0.694. The highest BCUT2D eigenvalue weighted by molar-refractivity contribution is 7.92. The van der Waals surface area contributed by atoms with E-state index in [4.69, 9.17) is 0 Å². The standard InChI is InChI=1S/C20H23F2N3O4S/c1-12(2)23-20(27)15-7-5-6-8-18(15)24-19(26)13(3)25(30(4,28)29)14-9-10-16(21)17(22)11-14/h5-13H,1-4H3,(H,23,27)(H,24,26)/t13-/m1/s1. The van der Waals surface area contributed by atoms with Crippen molar-refractivity contribution in [2.45, 2.75) is 32.9 Å². The van der Waals surface area contributed by atoms with Gasteiger partial charge >= 0.3 is 0 Å². The van der Waals surface area contributed by atoms with E-state index in [0.717, 1.165) is 18.4 Å². The van der Waals surface area contributed by atoms with Crippen LogP contribution in [0.2, 0.25) is 0 Å². The van der Waals surface area contributed by atoms with Gasteiger partial charge in [0.2, 0.25) is 15.9 Å². The van der Waals surface area contributed by atoms with Crippen molar-refractivity contribution < 1.29 is 26.8 Å². The monoisotopic (exact) mass is 439 g/mol. The van der Waals surface area contributed by atoms with Crippen molar-refractivity contribution in [1.82, 2.24) is 5.32 Å². The van der Waals surface area contributed by atoms with E-state index in [1.165, 1.54) is 19.1 Å². The number of carbonyl (C=O) groups is 2. The van der Waals surface area contributed by atoms with Gasteiger partial charge in [0.15, 0.2) is 11.6 Å². The molecule has 0 bridgehead atoms. The number of halogens is 2. The fraction of sp³-hybridized carbons (Fsp3) is 0.300. The summed E-state index contributed by atoms with van der Waals surface area (Å²) in [5.41, 5.74) is 0.182. The lowest BCUT2D eigenvalue weighted by Crippen LogP contribution is -2.45. The Balaban J connectivity index is 2.35. The SMILES string of the molecule is CC(C)NC(=O)c1ccccc1NC(=O)[C@@H](C)N(c1ccc(F)c(F)c1)S(C)(=O)=O. The van der Waals surface area contributed by atoms with Crippen molar-refractivity contribution >= 4 is 33.2 Å². The molecule has 0 saturated carbocycles. The molecule has 10 heteroatoms. The van der Waals surface area contributed by atoms with Gasteiger partial charge in [0, 0.05) is 12.1 Å². The van der Waals surface area contributed by atoms with Gasteiger partial charge in [0.1, 0.15) is 6.04 Å². The van der Waals surface area contributed by atoms with Crippen LogP contribution in [-0.4, -0.2) is 38.6 Å². The van der Waals surface area contributed by atoms with Crippen molar-refractivity contribution in [1.29, 1.82) is 0 Å². The number of hydrogen-bond acceptors (Lipinski definition) is 4. The molecule has 162 valence electrons. The molecule has 0 aliphatic rings. The van der Waals surface area contributed by atoms with E-state index in [1.807, 2.05) is 0 Å². The highest BCUT2D eigenvalue weighted by atomic mass is 32.2. The Morgan fingerprint density at radius 3 is 2.20 bits per heavy atom. The molecule has 0 unspecified atom stereocenters. The third kappa shape index (κ3) is 5.53. The number of anilines is 2. The lowest BCUT2D eigenvalue weighted by Gasteiger charge is -2.28. The van der Waals surface area contributed by atoms with E-state index in [2.05, 4.69) is 10.6 Å². The Hall–Kier alpha value is -3.01. The highest BCUT2D eigenvalue weighted by Crippen LogP contribution is 2.24. The molecule has 2 rings (SSSR count). The van der Waals surface area contributed by atoms with Crippen LogP contribution in [0.25, 0.3) is 0 Å². The van der Waals surface area contributed by atoms with Gasteiger partial charge in [-0.2, -0.15) is 0 Å². The van der Waals surface area contributed by atoms with E-state index >= 15 is 0 Å². The number of amides is 2. The molecule has 0 aromatic heterocycles. The molecule has 30 heavy (non-hydrogen) atoms. The van der Waals surface area contributed by atoms with Gasteiger partial charge in [-0.15, -0.1) is 0 Å². The average Bonchev–Trinajstić information content (AvgIpc) is 2.63. The van der Waals surface area contributed by atoms with Crippen LogP contribution in [0.1, 0.15) is 31.1 Å². The number of hydrogen-bond donors (Lipinski definition) is 2. The lowest BCUT2D eigenvalue weighted by molar-refractivity contribution is -0.116. The Bertz CT molecular complexity index is 1060. The van der Waals surface area contributed by atoms with Crippen LogP contribution in [0.3, 0.4) is 0 Å². The number of nitrogens with zero attached hydrogens (tertiary/aromatic N) is 1. The van der Waals surface area contributed by atoms with Gasteiger partial charge in [-0.05, 0) is 45.0 Å². The van der Waals surface area contributed by atoms with E-state index < -0.39 is 39.5 Å². The molecule has 0 aliphatic heterocycles. The summed E-state index contributed by atoms with van der Waals surface area (Å²) < 4.78 is 52.2. The van der Waals surface area contributed by atoms with Crippen LogP contribution in [0, 0.1) is 11.6 Å². The zero-order valence-corrected chi connectivity index (χ0v) is 17.8. The van der Waals surface area contributed by atoms with Gasteiger partial charge in [0.05, 0.1) is 23.2 Å². The summed E-state index contributed by atoms with van der Waals surface area (Å²) in [4.78, 5) is 25.2. The lowest BCUT2D eigenvalue weighted by atomic mass is 10.1. The Labute approximate surface area is 174 Å². The molecule has 0 fully saturated rings. The molecule has 2 aromatic rings. The van der Waals surface area contributed by atoms with Gasteiger partial charge < -0.3 is 10.6 Å². The Morgan fingerprint density at radius 2 is 1.63 bits per heavy atom. The summed E-state index contributed by atoms with van der Waals surface area (Å²) >= 11 is 0. The smallest absolute Gasteiger partial charge is 0.253 e. The molecule has 1 atom stereocenters. The molecule has 0 radical (unpaired) electrons. The summed E-state index contributed by atoms with van der Waals surface area (Å²) in [7, 11) is -4.02. The molecule has 7 nitrogen and oxygen atoms in total. The van der Waals surface area contributed by atoms with Crippen molar-refractivity contribution in [2.75, 3.05) is 15.9 Å². The first-order valence-corrected chi connectivity index (χ1v) is 10.9. The molecule has 0 saturated heterocycles. The van der Waals surface area contributed by atoms with Crippen molar-refractivity contribution in [3.63, 3.8) is 0 Å². The average molecular weight is 439 g/mol. The van der Waals surface area contributed by atoms with Gasteiger partial charge in [0.25, 0.3) is 5.91 Å². The van der Waals surface area contributed by atoms with Crippen molar-refractivity contribution in [3.05, 3.63) is 59.7 Å². The molecule has 0 heterocycles. The predicted octanol–water partition coefficient (Wildman–Crippen LogP) is 2.90. The van der Waals surface area contributed by atoms with Crippen LogP contribution in [-0.2, 0) is 14.8 Å². The van der Waals surface area contributed by atoms with Gasteiger partial charge in [-0.3, -0.25) is 13.9 Å². The molecule has 2 amide bonds. The number of carbonyl (C=O) groups excluding carboxylic acids is 2. The Morgan fingerprint density at radius 1 is 1.00 bits per heavy atom. The number of nitrogens with one attached hydrogen (secondary N) is 2. The van der Waals surface area contributed by atoms with Crippen LogP contribution >= 0.6 is 0 Å². The first kappa shape index (κ1) is 23.3. The fourth-order valence-corrected chi connectivity index (χ4v) is 3.96. The normalized spacial score (nSPS) is 12.4. The first-order chi connectivity index (χ1) is 13.9. The zero-order chi connectivity index (χ0) is 22.6. The maximum Gasteiger partial charge on any atom is 0.253 e. The second kappa shape index (κ2) is 9.21. The molecule has 2 N–H and O–H groups in total. The van der Waals surface area contributed by atoms with Crippen LogP contribution in [0.5, 0.6) is 0 Å². The van der Waals surface area contributed by atoms with E-state index in [0.29, 0.717) is 10.4 Å². The van der Waals surface area contributed by atoms with Crippen LogP contribution in [0.15, 0.2) is 42.5 Å². The van der Waals surface area contributed by atoms with E-state index in [-0.39, 0.29) is 23.0 Å². The molecule has 0 aliphatic carbocycles. The molecular weight excluding hydrogens is 416 g/mol. The third-order valence-corrected chi connectivity index (χ3v) is 5.34. The number of para-hydroxylation sites is 1. The topological polar surface area (TPSA) is 95.6 Å². The highest BCUT2D eigenvalue weighted by Gasteiger charge is 2.30. The van der Waals surface area contributed by atoms with E-state index in [1.54, 1.807) is 26.0 Å². The number of benzene rings is 2. The van der Waals surface area contributed by atoms with Crippen LogP contribution in [0.4, 0.5) is 20.2 Å². The molecule has 0 spiro atoms. The second-order valence-corrected chi connectivity index (χ2v) is 8.86. The summed E-state index contributed by atoms with van der Waals surface area (Å²) in [6.07, 6.45) is 0.849. The minimum Gasteiger partial charge on any atom is -0.350 e. The molecule has 2 aromatic carbocycles. The molecular formula is C20H23F2N3O4S. The van der Waals surface area contributed by atoms with Crippen LogP contribution < -0.4 is 14.9 Å². The van der Waals surface area contributed by atoms with Crippen molar-refractivity contribution in [2.24, 2.45) is 0 Å². The summed E-state index contributed by atoms with van der Waals surface area (Å²) in [5.74, 6) is -3.55. The minimum atomic E-state index is -4.02. The second-order valence-electron chi connectivity index (χ2n) is 7.00. The van der Waals surface area contributed by atoms with E-state index in [9.17, 15) is 26.8 Å². The predicted molar refractivity (Wildman–Crippen MR) is 111 cm³/mol. The Kier molecular flexibility index (Phi) is 7.14. The largest absolute Gasteiger partial charge is 0.350 e. The summed E-state index contributed by atoms with van der Waals surface area (Å²) in [5, 5.41) is 5.25. The van der Waals surface area contributed by atoms with Gasteiger partial charge in [-0.1, -0.05) is 12.1 Å². The summed E-state index contributed by atoms with van der Waals surface area (Å²) in [6, 6.07) is 7.34. The minimum absolute atomic E-state index is 0.130. The van der Waals surface area contributed by atoms with Gasteiger partial charge in [-0.25, -0.2) is 17.2 Å². The first-order valence-electron chi connectivity index (χ1n) is 9.07. The maximum atomic E-state index is 13.6. The zero-order valence-electron chi connectivity index (χ0n) is 16.9.